The minimum Gasteiger partial charge on any atom is -0.454 e. The molecule has 0 aliphatic carbocycles. The van der Waals surface area contributed by atoms with E-state index in [1.165, 1.54) is 35.6 Å². The molecule has 6 nitrogen and oxygen atoms in total. The van der Waals surface area contributed by atoms with Crippen LogP contribution in [0, 0.1) is 13.8 Å². The first-order valence-electron chi connectivity index (χ1n) is 8.89. The van der Waals surface area contributed by atoms with Gasteiger partial charge in [-0.1, -0.05) is 23.8 Å². The Hall–Kier alpha value is -2.51. The van der Waals surface area contributed by atoms with Gasteiger partial charge in [-0.3, -0.25) is 4.79 Å². The molecule has 0 N–H and O–H groups in total. The van der Waals surface area contributed by atoms with Crippen LogP contribution in [0.2, 0.25) is 0 Å². The largest absolute Gasteiger partial charge is 0.454 e. The number of hydrogen-bond donors (Lipinski definition) is 0. The Morgan fingerprint density at radius 1 is 1.07 bits per heavy atom. The molecular weight excluding hydrogens is 378 g/mol. The van der Waals surface area contributed by atoms with Gasteiger partial charge in [-0.05, 0) is 57.5 Å². The van der Waals surface area contributed by atoms with E-state index in [9.17, 15) is 18.0 Å². The van der Waals surface area contributed by atoms with Crippen LogP contribution in [-0.2, 0) is 14.8 Å². The number of nitrogens with zero attached hydrogens (tertiary/aromatic N) is 1. The topological polar surface area (TPSA) is 80.8 Å². The van der Waals surface area contributed by atoms with E-state index in [0.717, 1.165) is 11.1 Å². The molecule has 0 saturated carbocycles. The molecule has 0 bridgehead atoms. The van der Waals surface area contributed by atoms with E-state index < -0.39 is 22.6 Å². The van der Waals surface area contributed by atoms with E-state index in [2.05, 4.69) is 0 Å². The predicted molar refractivity (Wildman–Crippen MR) is 107 cm³/mol. The third kappa shape index (κ3) is 4.85. The van der Waals surface area contributed by atoms with E-state index in [-0.39, 0.29) is 22.3 Å². The molecule has 0 aliphatic rings. The zero-order chi connectivity index (χ0) is 21.1. The molecule has 0 spiro atoms. The monoisotopic (exact) mass is 403 g/mol. The number of sulfonamides is 1. The SMILES string of the molecule is Cc1ccc(C)c(C(=O)COC(=O)c2cccc(S(=O)(=O)N(C)C(C)C)c2)c1. The van der Waals surface area contributed by atoms with E-state index in [4.69, 9.17) is 4.74 Å². The fourth-order valence-electron chi connectivity index (χ4n) is 2.56. The molecule has 2 aromatic carbocycles. The van der Waals surface area contributed by atoms with Crippen molar-refractivity contribution in [2.24, 2.45) is 0 Å². The quantitative estimate of drug-likeness (QED) is 0.523. The number of ketones is 1. The zero-order valence-electron chi connectivity index (χ0n) is 16.7. The maximum absolute atomic E-state index is 12.6. The van der Waals surface area contributed by atoms with Crippen molar-refractivity contribution < 1.29 is 22.7 Å². The molecule has 0 saturated heterocycles. The van der Waals surface area contributed by atoms with Crippen molar-refractivity contribution in [3.63, 3.8) is 0 Å². The molecule has 0 aliphatic heterocycles. The van der Waals surface area contributed by atoms with Gasteiger partial charge in [0, 0.05) is 18.7 Å². The van der Waals surface area contributed by atoms with Crippen molar-refractivity contribution in [3.05, 3.63) is 64.7 Å². The second-order valence-electron chi connectivity index (χ2n) is 6.96. The van der Waals surface area contributed by atoms with Crippen LogP contribution in [0.1, 0.15) is 45.7 Å². The summed E-state index contributed by atoms with van der Waals surface area (Å²) in [6.45, 7) is 6.80. The van der Waals surface area contributed by atoms with Crippen molar-refractivity contribution in [1.29, 1.82) is 0 Å². The number of ether oxygens (including phenoxy) is 1. The van der Waals surface area contributed by atoms with E-state index in [1.54, 1.807) is 19.9 Å². The fourth-order valence-corrected chi connectivity index (χ4v) is 3.97. The molecule has 0 radical (unpaired) electrons. The molecule has 0 unspecified atom stereocenters. The van der Waals surface area contributed by atoms with Crippen LogP contribution >= 0.6 is 0 Å². The van der Waals surface area contributed by atoms with E-state index in [1.807, 2.05) is 26.0 Å². The summed E-state index contributed by atoms with van der Waals surface area (Å²) in [6.07, 6.45) is 0. The number of aryl methyl sites for hydroxylation is 2. The van der Waals surface area contributed by atoms with Crippen molar-refractivity contribution >= 4 is 21.8 Å². The van der Waals surface area contributed by atoms with Crippen molar-refractivity contribution in [2.45, 2.75) is 38.6 Å². The van der Waals surface area contributed by atoms with Crippen LogP contribution in [0.4, 0.5) is 0 Å². The minimum atomic E-state index is -3.72. The molecule has 0 aromatic heterocycles. The normalized spacial score (nSPS) is 11.7. The average molecular weight is 404 g/mol. The fraction of sp³-hybridized carbons (Fsp3) is 0.333. The number of benzene rings is 2. The van der Waals surface area contributed by atoms with Crippen LogP contribution in [-0.4, -0.2) is 44.2 Å². The highest BCUT2D eigenvalue weighted by atomic mass is 32.2. The van der Waals surface area contributed by atoms with Crippen LogP contribution in [0.5, 0.6) is 0 Å². The summed E-state index contributed by atoms with van der Waals surface area (Å²) in [5.74, 6) is -1.05. The Morgan fingerprint density at radius 3 is 2.39 bits per heavy atom. The average Bonchev–Trinajstić information content (AvgIpc) is 2.66. The van der Waals surface area contributed by atoms with Gasteiger partial charge in [-0.15, -0.1) is 0 Å². The number of carbonyl (C=O) groups is 2. The van der Waals surface area contributed by atoms with Gasteiger partial charge < -0.3 is 4.74 Å². The summed E-state index contributed by atoms with van der Waals surface area (Å²) in [7, 11) is -2.24. The van der Waals surface area contributed by atoms with E-state index in [0.29, 0.717) is 5.56 Å². The van der Waals surface area contributed by atoms with Gasteiger partial charge in [0.1, 0.15) is 0 Å². The second kappa shape index (κ2) is 8.67. The molecule has 150 valence electrons. The third-order valence-electron chi connectivity index (χ3n) is 4.50. The van der Waals surface area contributed by atoms with E-state index >= 15 is 0 Å². The first-order valence-corrected chi connectivity index (χ1v) is 10.3. The minimum absolute atomic E-state index is 0.000921. The highest BCUT2D eigenvalue weighted by molar-refractivity contribution is 7.89. The summed E-state index contributed by atoms with van der Waals surface area (Å²) < 4.78 is 31.5. The lowest BCUT2D eigenvalue weighted by Gasteiger charge is -2.21. The van der Waals surface area contributed by atoms with Gasteiger partial charge in [0.15, 0.2) is 6.61 Å². The summed E-state index contributed by atoms with van der Waals surface area (Å²) in [6, 6.07) is 10.9. The third-order valence-corrected chi connectivity index (χ3v) is 6.53. The van der Waals surface area contributed by atoms with Gasteiger partial charge in [0.25, 0.3) is 0 Å². The van der Waals surface area contributed by atoms with Crippen molar-refractivity contribution in [3.8, 4) is 0 Å². The Kier molecular flexibility index (Phi) is 6.74. The van der Waals surface area contributed by atoms with Crippen LogP contribution < -0.4 is 0 Å². The van der Waals surface area contributed by atoms with Crippen molar-refractivity contribution in [2.75, 3.05) is 13.7 Å². The maximum atomic E-state index is 12.6. The lowest BCUT2D eigenvalue weighted by Crippen LogP contribution is -2.33. The molecule has 2 rings (SSSR count). The Morgan fingerprint density at radius 2 is 1.75 bits per heavy atom. The van der Waals surface area contributed by atoms with Gasteiger partial charge in [0.2, 0.25) is 15.8 Å². The number of esters is 1. The highest BCUT2D eigenvalue weighted by Crippen LogP contribution is 2.18. The molecule has 0 amide bonds. The van der Waals surface area contributed by atoms with Crippen LogP contribution in [0.3, 0.4) is 0 Å². The van der Waals surface area contributed by atoms with Crippen LogP contribution in [0.15, 0.2) is 47.4 Å². The summed E-state index contributed by atoms with van der Waals surface area (Å²) in [4.78, 5) is 24.7. The highest BCUT2D eigenvalue weighted by Gasteiger charge is 2.24. The lowest BCUT2D eigenvalue weighted by molar-refractivity contribution is 0.0474. The Labute approximate surface area is 166 Å². The van der Waals surface area contributed by atoms with Gasteiger partial charge >= 0.3 is 5.97 Å². The Bertz CT molecular complexity index is 996. The van der Waals surface area contributed by atoms with Crippen LogP contribution in [0.25, 0.3) is 0 Å². The number of rotatable bonds is 7. The summed E-state index contributed by atoms with van der Waals surface area (Å²) in [5.41, 5.74) is 2.32. The Balaban J connectivity index is 2.15. The molecule has 28 heavy (non-hydrogen) atoms. The number of Topliss-reactive ketones (excluding diaryl/α,β-unsaturated/α-hetero) is 1. The van der Waals surface area contributed by atoms with Gasteiger partial charge in [-0.25, -0.2) is 13.2 Å². The summed E-state index contributed by atoms with van der Waals surface area (Å²) >= 11 is 0. The van der Waals surface area contributed by atoms with Gasteiger partial charge in [-0.2, -0.15) is 4.31 Å². The van der Waals surface area contributed by atoms with Crippen molar-refractivity contribution in [1.82, 2.24) is 4.31 Å². The first-order chi connectivity index (χ1) is 13.0. The van der Waals surface area contributed by atoms with Gasteiger partial charge in [0.05, 0.1) is 10.5 Å². The number of hydrogen-bond acceptors (Lipinski definition) is 5. The second-order valence-corrected chi connectivity index (χ2v) is 8.96. The molecule has 7 heteroatoms. The molecular formula is C21H25NO5S. The standard InChI is InChI=1S/C21H25NO5S/c1-14(2)22(5)28(25,26)18-8-6-7-17(12-18)21(24)27-13-20(23)19-11-15(3)9-10-16(19)4/h6-12,14H,13H2,1-5H3. The summed E-state index contributed by atoms with van der Waals surface area (Å²) in [5, 5.41) is 0. The predicted octanol–water partition coefficient (Wildman–Crippen LogP) is 3.37. The molecule has 2 aromatic rings. The lowest BCUT2D eigenvalue weighted by atomic mass is 10.0. The first kappa shape index (κ1) is 21.8. The molecule has 0 atom stereocenters. The molecule has 0 heterocycles. The zero-order valence-corrected chi connectivity index (χ0v) is 17.5. The maximum Gasteiger partial charge on any atom is 0.338 e. The smallest absolute Gasteiger partial charge is 0.338 e. The number of carbonyl (C=O) groups excluding carboxylic acids is 2. The molecule has 0 fully saturated rings.